The van der Waals surface area contributed by atoms with Gasteiger partial charge in [-0.15, -0.1) is 11.8 Å². The van der Waals surface area contributed by atoms with E-state index in [0.29, 0.717) is 10.6 Å². The molecule has 0 heterocycles. The third kappa shape index (κ3) is 4.31. The van der Waals surface area contributed by atoms with E-state index in [1.54, 1.807) is 0 Å². The first-order valence-corrected chi connectivity index (χ1v) is 6.71. The van der Waals surface area contributed by atoms with Gasteiger partial charge in [-0.2, -0.15) is 13.2 Å². The van der Waals surface area contributed by atoms with Crippen LogP contribution < -0.4 is 5.73 Å². The summed E-state index contributed by atoms with van der Waals surface area (Å²) in [7, 11) is 0. The Morgan fingerprint density at radius 3 is 2.60 bits per heavy atom. The number of rotatable bonds is 5. The summed E-state index contributed by atoms with van der Waals surface area (Å²) in [6, 6.07) is 3.46. The van der Waals surface area contributed by atoms with Crippen molar-refractivity contribution in [3.63, 3.8) is 0 Å². The van der Waals surface area contributed by atoms with Crippen molar-refractivity contribution in [1.82, 2.24) is 0 Å². The molecule has 112 valence electrons. The topological polar surface area (TPSA) is 78.8 Å². The molecule has 0 spiro atoms. The van der Waals surface area contributed by atoms with Crippen LogP contribution in [0.25, 0.3) is 0 Å². The van der Waals surface area contributed by atoms with Gasteiger partial charge in [0.25, 0.3) is 0 Å². The summed E-state index contributed by atoms with van der Waals surface area (Å²) < 4.78 is 38.4. The van der Waals surface area contributed by atoms with E-state index in [0.717, 1.165) is 6.07 Å². The van der Waals surface area contributed by atoms with Crippen LogP contribution in [-0.4, -0.2) is 28.5 Å². The van der Waals surface area contributed by atoms with E-state index in [1.165, 1.54) is 23.9 Å². The second-order valence-corrected chi connectivity index (χ2v) is 5.38. The molecule has 4 nitrogen and oxygen atoms in total. The van der Waals surface area contributed by atoms with E-state index >= 15 is 0 Å². The fourth-order valence-corrected chi connectivity index (χ4v) is 2.37. The van der Waals surface area contributed by atoms with Crippen LogP contribution in [0.1, 0.15) is 18.1 Å². The van der Waals surface area contributed by atoms with Crippen molar-refractivity contribution in [1.29, 1.82) is 0 Å². The van der Waals surface area contributed by atoms with Crippen LogP contribution in [0.15, 0.2) is 28.3 Å². The molecule has 0 aliphatic carbocycles. The maximum Gasteiger partial charge on any atom is 0.417 e. The zero-order valence-corrected chi connectivity index (χ0v) is 11.5. The Bertz CT molecular complexity index is 492. The predicted octanol–water partition coefficient (Wildman–Crippen LogP) is 2.52. The largest absolute Gasteiger partial charge is 0.417 e. The first-order valence-electron chi connectivity index (χ1n) is 5.72. The van der Waals surface area contributed by atoms with Crippen molar-refractivity contribution in [3.8, 4) is 0 Å². The highest BCUT2D eigenvalue weighted by Crippen LogP contribution is 2.34. The average Bonchev–Trinajstić information content (AvgIpc) is 2.42. The van der Waals surface area contributed by atoms with Gasteiger partial charge in [0, 0.05) is 22.8 Å². The fraction of sp³-hybridized carbons (Fsp3) is 0.417. The molecule has 0 bridgehead atoms. The number of nitrogens with two attached hydrogens (primary N) is 1. The number of benzene rings is 1. The number of aliphatic hydroxyl groups is 1. The van der Waals surface area contributed by atoms with Crippen LogP contribution in [-0.2, 0) is 6.18 Å². The lowest BCUT2D eigenvalue weighted by molar-refractivity contribution is -0.137. The molecule has 1 atom stereocenters. The summed E-state index contributed by atoms with van der Waals surface area (Å²) in [6.45, 7) is 1.82. The molecule has 20 heavy (non-hydrogen) atoms. The normalized spacial score (nSPS) is 14.3. The first kappa shape index (κ1) is 16.6. The summed E-state index contributed by atoms with van der Waals surface area (Å²) in [4.78, 5) is 0.555. The Kier molecular flexibility index (Phi) is 5.70. The van der Waals surface area contributed by atoms with Gasteiger partial charge < -0.3 is 16.0 Å². The maximum absolute atomic E-state index is 12.8. The Hall–Kier alpha value is -1.41. The molecular formula is C12H15F3N2O2S. The molecule has 1 unspecified atom stereocenters. The lowest BCUT2D eigenvalue weighted by Gasteiger charge is -2.14. The standard InChI is InChI=1S/C12H15F3N2O2S/c1-7(5-18)6-20-8-2-3-10(12(13,14)15)9(4-8)11(16)17-19/h2-4,7,18-19H,5-6H2,1H3,(H2,16,17). The molecule has 0 aliphatic heterocycles. The van der Waals surface area contributed by atoms with Crippen LogP contribution >= 0.6 is 11.8 Å². The third-order valence-corrected chi connectivity index (χ3v) is 3.85. The van der Waals surface area contributed by atoms with Gasteiger partial charge in [0.2, 0.25) is 0 Å². The number of halogens is 3. The highest BCUT2D eigenvalue weighted by molar-refractivity contribution is 7.99. The van der Waals surface area contributed by atoms with Crippen molar-refractivity contribution in [2.24, 2.45) is 16.8 Å². The summed E-state index contributed by atoms with van der Waals surface area (Å²) in [5, 5.41) is 20.1. The third-order valence-electron chi connectivity index (χ3n) is 2.53. The van der Waals surface area contributed by atoms with E-state index in [4.69, 9.17) is 16.0 Å². The highest BCUT2D eigenvalue weighted by atomic mass is 32.2. The number of alkyl halides is 3. The van der Waals surface area contributed by atoms with Gasteiger partial charge in [-0.25, -0.2) is 0 Å². The van der Waals surface area contributed by atoms with E-state index in [-0.39, 0.29) is 18.1 Å². The Morgan fingerprint density at radius 2 is 2.10 bits per heavy atom. The van der Waals surface area contributed by atoms with Gasteiger partial charge in [-0.05, 0) is 24.1 Å². The Balaban J connectivity index is 3.09. The van der Waals surface area contributed by atoms with Crippen molar-refractivity contribution >= 4 is 17.6 Å². The quantitative estimate of drug-likeness (QED) is 0.257. The second kappa shape index (κ2) is 6.85. The Morgan fingerprint density at radius 1 is 1.45 bits per heavy atom. The zero-order chi connectivity index (χ0) is 15.3. The van der Waals surface area contributed by atoms with E-state index < -0.39 is 17.6 Å². The van der Waals surface area contributed by atoms with Gasteiger partial charge >= 0.3 is 6.18 Å². The van der Waals surface area contributed by atoms with Crippen molar-refractivity contribution < 1.29 is 23.5 Å². The van der Waals surface area contributed by atoms with Gasteiger partial charge in [0.15, 0.2) is 5.84 Å². The maximum atomic E-state index is 12.8. The minimum Gasteiger partial charge on any atom is -0.409 e. The monoisotopic (exact) mass is 308 g/mol. The molecule has 4 N–H and O–H groups in total. The van der Waals surface area contributed by atoms with Crippen LogP contribution in [0, 0.1) is 5.92 Å². The predicted molar refractivity (Wildman–Crippen MR) is 70.9 cm³/mol. The lowest BCUT2D eigenvalue weighted by atomic mass is 10.1. The number of aliphatic hydroxyl groups excluding tert-OH is 1. The van der Waals surface area contributed by atoms with E-state index in [2.05, 4.69) is 5.16 Å². The van der Waals surface area contributed by atoms with Gasteiger partial charge in [-0.1, -0.05) is 12.1 Å². The van der Waals surface area contributed by atoms with E-state index in [9.17, 15) is 13.2 Å². The molecule has 0 fully saturated rings. The van der Waals surface area contributed by atoms with E-state index in [1.807, 2.05) is 6.92 Å². The van der Waals surface area contributed by atoms with Gasteiger partial charge in [-0.3, -0.25) is 0 Å². The van der Waals surface area contributed by atoms with Crippen LogP contribution in [0.3, 0.4) is 0 Å². The molecular weight excluding hydrogens is 293 g/mol. The number of oxime groups is 1. The number of nitrogens with zero attached hydrogens (tertiary/aromatic N) is 1. The molecule has 0 saturated carbocycles. The molecule has 0 saturated heterocycles. The smallest absolute Gasteiger partial charge is 0.409 e. The molecule has 0 aliphatic rings. The number of amidine groups is 1. The van der Waals surface area contributed by atoms with Crippen molar-refractivity contribution in [3.05, 3.63) is 29.3 Å². The van der Waals surface area contributed by atoms with Gasteiger partial charge in [0.05, 0.1) is 5.56 Å². The highest BCUT2D eigenvalue weighted by Gasteiger charge is 2.34. The Labute approximate surface area is 118 Å². The second-order valence-electron chi connectivity index (χ2n) is 4.29. The molecule has 1 rings (SSSR count). The van der Waals surface area contributed by atoms with Crippen LogP contribution in [0.4, 0.5) is 13.2 Å². The van der Waals surface area contributed by atoms with Crippen LogP contribution in [0.2, 0.25) is 0 Å². The number of thioether (sulfide) groups is 1. The fourth-order valence-electron chi connectivity index (χ4n) is 1.42. The minimum absolute atomic E-state index is 0.000723. The first-order chi connectivity index (χ1) is 9.29. The lowest BCUT2D eigenvalue weighted by Crippen LogP contribution is -2.20. The number of hydrogen-bond donors (Lipinski definition) is 3. The molecule has 1 aromatic rings. The van der Waals surface area contributed by atoms with Crippen LogP contribution in [0.5, 0.6) is 0 Å². The van der Waals surface area contributed by atoms with Crippen molar-refractivity contribution in [2.75, 3.05) is 12.4 Å². The van der Waals surface area contributed by atoms with Crippen molar-refractivity contribution in [2.45, 2.75) is 18.0 Å². The molecule has 0 amide bonds. The summed E-state index contributed by atoms with van der Waals surface area (Å²) in [5.74, 6) is -0.0122. The SMILES string of the molecule is CC(CO)CSc1ccc(C(F)(F)F)c(/C(N)=N/O)c1. The summed E-state index contributed by atoms with van der Waals surface area (Å²) in [5.41, 5.74) is 3.98. The molecule has 0 radical (unpaired) electrons. The number of hydrogen-bond acceptors (Lipinski definition) is 4. The molecule has 8 heteroatoms. The average molecular weight is 308 g/mol. The summed E-state index contributed by atoms with van der Waals surface area (Å²) >= 11 is 1.29. The molecule has 1 aromatic carbocycles. The minimum atomic E-state index is -4.58. The van der Waals surface area contributed by atoms with Gasteiger partial charge in [0.1, 0.15) is 0 Å². The summed E-state index contributed by atoms with van der Waals surface area (Å²) in [6.07, 6.45) is -4.58. The molecule has 0 aromatic heterocycles. The zero-order valence-electron chi connectivity index (χ0n) is 10.7.